The number of alkyl halides is 1. The number of amides is 1. The zero-order valence-electron chi connectivity index (χ0n) is 19.8. The molecule has 2 N–H and O–H groups in total. The van der Waals surface area contributed by atoms with Crippen molar-refractivity contribution in [3.63, 3.8) is 0 Å². The quantitative estimate of drug-likeness (QED) is 0.627. The topological polar surface area (TPSA) is 105 Å². The number of rotatable bonds is 7. The Morgan fingerprint density at radius 2 is 2.03 bits per heavy atom. The summed E-state index contributed by atoms with van der Waals surface area (Å²) < 4.78 is 24.9. The van der Waals surface area contributed by atoms with Gasteiger partial charge in [0.2, 0.25) is 5.95 Å². The summed E-state index contributed by atoms with van der Waals surface area (Å²) in [6.07, 6.45) is 2.29. The van der Waals surface area contributed by atoms with Crippen LogP contribution in [0.1, 0.15) is 30.6 Å². The van der Waals surface area contributed by atoms with E-state index >= 15 is 0 Å². The number of aromatic nitrogens is 3. The van der Waals surface area contributed by atoms with Gasteiger partial charge >= 0.3 is 0 Å². The van der Waals surface area contributed by atoms with Crippen molar-refractivity contribution in [1.82, 2.24) is 19.9 Å². The summed E-state index contributed by atoms with van der Waals surface area (Å²) in [6.45, 7) is 7.01. The lowest BCUT2D eigenvalue weighted by atomic mass is 10.1. The van der Waals surface area contributed by atoms with Crippen molar-refractivity contribution in [2.75, 3.05) is 62.0 Å². The predicted molar refractivity (Wildman–Crippen MR) is 128 cm³/mol. The SMILES string of the molecule is CO[C@H]1CCN(c2nccc(Nc3cc(NC(C)C)c(C(=O)N4CCOCC4)cn3)n2)C[C@H]1F. The number of pyridine rings is 1. The molecule has 10 nitrogen and oxygen atoms in total. The minimum atomic E-state index is -1.10. The number of carbonyl (C=O) groups is 1. The summed E-state index contributed by atoms with van der Waals surface area (Å²) >= 11 is 0. The molecule has 1 amide bonds. The number of nitrogens with one attached hydrogen (secondary N) is 2. The maximum atomic E-state index is 14.3. The number of hydrogen-bond acceptors (Lipinski definition) is 9. The van der Waals surface area contributed by atoms with Crippen molar-refractivity contribution in [2.45, 2.75) is 38.6 Å². The van der Waals surface area contributed by atoms with Crippen LogP contribution < -0.4 is 15.5 Å². The number of halogens is 1. The lowest BCUT2D eigenvalue weighted by Gasteiger charge is -2.33. The zero-order valence-corrected chi connectivity index (χ0v) is 19.8. The molecule has 2 aromatic heterocycles. The fourth-order valence-electron chi connectivity index (χ4n) is 4.09. The molecule has 2 aromatic rings. The minimum absolute atomic E-state index is 0.0740. The molecule has 11 heteroatoms. The van der Waals surface area contributed by atoms with Crippen LogP contribution in [0, 0.1) is 0 Å². The van der Waals surface area contributed by atoms with Gasteiger partial charge in [0, 0.05) is 51.2 Å². The van der Waals surface area contributed by atoms with Crippen LogP contribution in [0.3, 0.4) is 0 Å². The standard InChI is InChI=1S/C23H32FN7O3/c1-15(2)27-18-12-21(26-13-16(18)22(32)30-8-10-34-11-9-30)28-20-4-6-25-23(29-20)31-7-5-19(33-3)17(24)14-31/h4,6,12-13,15,17,19H,5,7-11,14H2,1-3H3,(H2,25,26,27,28,29)/t17-,19+/m1/s1. The summed E-state index contributed by atoms with van der Waals surface area (Å²) in [5.74, 6) is 1.44. The second-order valence-electron chi connectivity index (χ2n) is 8.71. The van der Waals surface area contributed by atoms with Gasteiger partial charge in [0.1, 0.15) is 17.8 Å². The molecule has 4 rings (SSSR count). The van der Waals surface area contributed by atoms with Gasteiger partial charge in [0.25, 0.3) is 5.91 Å². The van der Waals surface area contributed by atoms with Crippen LogP contribution in [0.2, 0.25) is 0 Å². The average molecular weight is 474 g/mol. The minimum Gasteiger partial charge on any atom is -0.382 e. The molecule has 2 fully saturated rings. The van der Waals surface area contributed by atoms with Gasteiger partial charge in [0.05, 0.1) is 37.1 Å². The van der Waals surface area contributed by atoms with E-state index in [2.05, 4.69) is 25.6 Å². The number of hydrogen-bond donors (Lipinski definition) is 2. The fourth-order valence-corrected chi connectivity index (χ4v) is 4.09. The monoisotopic (exact) mass is 473 g/mol. The molecule has 2 saturated heterocycles. The molecule has 0 saturated carbocycles. The third kappa shape index (κ3) is 5.71. The number of piperidine rings is 1. The van der Waals surface area contributed by atoms with Crippen LogP contribution in [0.4, 0.5) is 27.7 Å². The van der Waals surface area contributed by atoms with E-state index in [1.807, 2.05) is 18.7 Å². The van der Waals surface area contributed by atoms with Gasteiger partial charge in [-0.15, -0.1) is 0 Å². The Balaban J connectivity index is 1.51. The number of carbonyl (C=O) groups excluding carboxylic acids is 1. The molecule has 0 aromatic carbocycles. The molecule has 2 aliphatic heterocycles. The van der Waals surface area contributed by atoms with E-state index in [9.17, 15) is 9.18 Å². The first-order valence-corrected chi connectivity index (χ1v) is 11.6. The van der Waals surface area contributed by atoms with E-state index in [-0.39, 0.29) is 18.5 Å². The van der Waals surface area contributed by atoms with E-state index < -0.39 is 12.3 Å². The molecule has 4 heterocycles. The normalized spacial score (nSPS) is 21.0. The first kappa shape index (κ1) is 24.1. The first-order chi connectivity index (χ1) is 16.4. The summed E-state index contributed by atoms with van der Waals surface area (Å²) in [5, 5.41) is 6.53. The highest BCUT2D eigenvalue weighted by Crippen LogP contribution is 2.25. The maximum Gasteiger partial charge on any atom is 0.257 e. The van der Waals surface area contributed by atoms with E-state index in [1.54, 1.807) is 29.4 Å². The van der Waals surface area contributed by atoms with Crippen LogP contribution in [-0.4, -0.2) is 90.6 Å². The molecule has 184 valence electrons. The lowest BCUT2D eigenvalue weighted by Crippen LogP contribution is -2.46. The van der Waals surface area contributed by atoms with Crippen molar-refractivity contribution < 1.29 is 18.7 Å². The highest BCUT2D eigenvalue weighted by molar-refractivity contribution is 6.00. The van der Waals surface area contributed by atoms with Crippen molar-refractivity contribution >= 4 is 29.2 Å². The van der Waals surface area contributed by atoms with Crippen LogP contribution in [-0.2, 0) is 9.47 Å². The number of nitrogens with zero attached hydrogens (tertiary/aromatic N) is 5. The molecular weight excluding hydrogens is 441 g/mol. The average Bonchev–Trinajstić information content (AvgIpc) is 2.84. The highest BCUT2D eigenvalue weighted by atomic mass is 19.1. The maximum absolute atomic E-state index is 14.3. The van der Waals surface area contributed by atoms with E-state index in [0.29, 0.717) is 68.1 Å². The highest BCUT2D eigenvalue weighted by Gasteiger charge is 2.30. The van der Waals surface area contributed by atoms with Gasteiger partial charge in [-0.05, 0) is 26.3 Å². The van der Waals surface area contributed by atoms with Crippen LogP contribution in [0.5, 0.6) is 0 Å². The summed E-state index contributed by atoms with van der Waals surface area (Å²) in [5.41, 5.74) is 1.21. The van der Waals surface area contributed by atoms with Gasteiger partial charge in [-0.2, -0.15) is 4.98 Å². The second kappa shape index (κ2) is 10.9. The Morgan fingerprint density at radius 1 is 1.24 bits per heavy atom. The Kier molecular flexibility index (Phi) is 7.73. The van der Waals surface area contributed by atoms with Gasteiger partial charge in [0.15, 0.2) is 0 Å². The summed E-state index contributed by atoms with van der Waals surface area (Å²) in [6, 6.07) is 3.65. The Hall–Kier alpha value is -3.05. The number of ether oxygens (including phenoxy) is 2. The van der Waals surface area contributed by atoms with E-state index in [1.165, 1.54) is 7.11 Å². The van der Waals surface area contributed by atoms with Crippen molar-refractivity contribution in [3.8, 4) is 0 Å². The zero-order chi connectivity index (χ0) is 24.1. The predicted octanol–water partition coefficient (Wildman–Crippen LogP) is 2.47. The molecule has 2 aliphatic rings. The number of methoxy groups -OCH3 is 1. The molecule has 0 bridgehead atoms. The molecule has 2 atom stereocenters. The fraction of sp³-hybridized carbons (Fsp3) is 0.565. The number of anilines is 4. The summed E-state index contributed by atoms with van der Waals surface area (Å²) in [7, 11) is 1.53. The van der Waals surface area contributed by atoms with Crippen molar-refractivity contribution in [1.29, 1.82) is 0 Å². The van der Waals surface area contributed by atoms with E-state index in [4.69, 9.17) is 9.47 Å². The molecule has 0 spiro atoms. The first-order valence-electron chi connectivity index (χ1n) is 11.6. The van der Waals surface area contributed by atoms with E-state index in [0.717, 1.165) is 0 Å². The molecule has 0 aliphatic carbocycles. The smallest absolute Gasteiger partial charge is 0.257 e. The van der Waals surface area contributed by atoms with Gasteiger partial charge < -0.3 is 29.9 Å². The van der Waals surface area contributed by atoms with Crippen LogP contribution >= 0.6 is 0 Å². The lowest BCUT2D eigenvalue weighted by molar-refractivity contribution is 0.0194. The number of morpholine rings is 1. The van der Waals surface area contributed by atoms with Crippen molar-refractivity contribution in [2.24, 2.45) is 0 Å². The largest absolute Gasteiger partial charge is 0.382 e. The van der Waals surface area contributed by atoms with Gasteiger partial charge in [-0.3, -0.25) is 4.79 Å². The Bertz CT molecular complexity index is 987. The summed E-state index contributed by atoms with van der Waals surface area (Å²) in [4.78, 5) is 30.0. The third-order valence-corrected chi connectivity index (χ3v) is 5.84. The Morgan fingerprint density at radius 3 is 2.74 bits per heavy atom. The third-order valence-electron chi connectivity index (χ3n) is 5.84. The second-order valence-corrected chi connectivity index (χ2v) is 8.71. The Labute approximate surface area is 198 Å². The van der Waals surface area contributed by atoms with Gasteiger partial charge in [-0.25, -0.2) is 14.4 Å². The molecule has 34 heavy (non-hydrogen) atoms. The van der Waals surface area contributed by atoms with Gasteiger partial charge in [-0.1, -0.05) is 0 Å². The van der Waals surface area contributed by atoms with Crippen molar-refractivity contribution in [3.05, 3.63) is 30.1 Å². The van der Waals surface area contributed by atoms with Crippen LogP contribution in [0.15, 0.2) is 24.5 Å². The van der Waals surface area contributed by atoms with Crippen LogP contribution in [0.25, 0.3) is 0 Å². The molecule has 0 unspecified atom stereocenters. The molecular formula is C23H32FN7O3. The molecule has 0 radical (unpaired) electrons.